The highest BCUT2D eigenvalue weighted by Crippen LogP contribution is 2.14. The topological polar surface area (TPSA) is 49.3 Å². The molecule has 2 N–H and O–H groups in total. The third-order valence-electron chi connectivity index (χ3n) is 5.44. The second-order valence-corrected chi connectivity index (χ2v) is 8.41. The minimum absolute atomic E-state index is 0.0187. The molecule has 0 rings (SSSR count). The van der Waals surface area contributed by atoms with E-state index in [-0.39, 0.29) is 18.6 Å². The number of rotatable bonds is 21. The third-order valence-corrected chi connectivity index (χ3v) is 5.44. The first-order valence-corrected chi connectivity index (χ1v) is 12.1. The number of nitrogens with one attached hydrogen (secondary N) is 1. The van der Waals surface area contributed by atoms with E-state index in [2.05, 4.69) is 12.2 Å². The van der Waals surface area contributed by atoms with Crippen molar-refractivity contribution in [1.29, 1.82) is 0 Å². The zero-order valence-corrected chi connectivity index (χ0v) is 18.6. The second-order valence-electron chi connectivity index (χ2n) is 8.41. The van der Waals surface area contributed by atoms with E-state index >= 15 is 0 Å². The lowest BCUT2D eigenvalue weighted by atomic mass is 10.0. The zero-order valence-electron chi connectivity index (χ0n) is 18.6. The number of aliphatic hydroxyl groups is 1. The maximum atomic E-state index is 11.6. The molecule has 0 saturated heterocycles. The maximum absolute atomic E-state index is 11.6. The number of carbonyl (C=O) groups excluding carboxylic acids is 1. The third kappa shape index (κ3) is 21.6. The predicted molar refractivity (Wildman–Crippen MR) is 118 cm³/mol. The monoisotopic (exact) mass is 383 g/mol. The molecule has 1 amide bonds. The molecule has 0 heterocycles. The van der Waals surface area contributed by atoms with Crippen molar-refractivity contribution < 1.29 is 9.90 Å². The number of unbranched alkanes of at least 4 members (excludes halogenated alkanes) is 17. The summed E-state index contributed by atoms with van der Waals surface area (Å²) in [5.74, 6) is 0.0769. The van der Waals surface area contributed by atoms with Gasteiger partial charge in [-0.05, 0) is 13.3 Å². The van der Waals surface area contributed by atoms with Gasteiger partial charge in [-0.3, -0.25) is 4.79 Å². The van der Waals surface area contributed by atoms with E-state index in [4.69, 9.17) is 5.11 Å². The van der Waals surface area contributed by atoms with Crippen LogP contribution in [-0.4, -0.2) is 23.7 Å². The molecule has 162 valence electrons. The van der Waals surface area contributed by atoms with Crippen LogP contribution in [0, 0.1) is 0 Å². The summed E-state index contributed by atoms with van der Waals surface area (Å²) in [5, 5.41) is 11.7. The quantitative estimate of drug-likeness (QED) is 0.211. The van der Waals surface area contributed by atoms with E-state index < -0.39 is 0 Å². The highest BCUT2D eigenvalue weighted by molar-refractivity contribution is 5.76. The van der Waals surface area contributed by atoms with E-state index in [1.807, 2.05) is 6.92 Å². The first-order valence-electron chi connectivity index (χ1n) is 12.1. The summed E-state index contributed by atoms with van der Waals surface area (Å²) >= 11 is 0. The number of carbonyl (C=O) groups is 1. The Morgan fingerprint density at radius 3 is 1.33 bits per heavy atom. The van der Waals surface area contributed by atoms with Crippen molar-refractivity contribution in [2.45, 2.75) is 142 Å². The van der Waals surface area contributed by atoms with Crippen molar-refractivity contribution in [3.63, 3.8) is 0 Å². The van der Waals surface area contributed by atoms with Crippen LogP contribution in [0.25, 0.3) is 0 Å². The molecule has 0 aromatic heterocycles. The number of aliphatic hydroxyl groups excluding tert-OH is 1. The lowest BCUT2D eigenvalue weighted by Crippen LogP contribution is -2.34. The Morgan fingerprint density at radius 2 is 1.00 bits per heavy atom. The van der Waals surface area contributed by atoms with Gasteiger partial charge in [0.1, 0.15) is 0 Å². The van der Waals surface area contributed by atoms with E-state index in [0.29, 0.717) is 6.42 Å². The Kier molecular flexibility index (Phi) is 21.3. The van der Waals surface area contributed by atoms with Gasteiger partial charge in [-0.15, -0.1) is 0 Å². The molecule has 0 aliphatic carbocycles. The Labute approximate surface area is 170 Å². The van der Waals surface area contributed by atoms with E-state index in [0.717, 1.165) is 12.8 Å². The summed E-state index contributed by atoms with van der Waals surface area (Å²) < 4.78 is 0. The SMILES string of the molecule is CCCCCCCCCCCCCCCCCCCCC(=O)NC(C)CO. The first kappa shape index (κ1) is 26.4. The normalized spacial score (nSPS) is 12.3. The average molecular weight is 384 g/mol. The minimum Gasteiger partial charge on any atom is -0.394 e. The summed E-state index contributed by atoms with van der Waals surface area (Å²) in [6, 6.07) is -0.118. The van der Waals surface area contributed by atoms with Crippen LogP contribution < -0.4 is 5.32 Å². The molecule has 27 heavy (non-hydrogen) atoms. The van der Waals surface area contributed by atoms with Gasteiger partial charge in [0.2, 0.25) is 5.91 Å². The van der Waals surface area contributed by atoms with Crippen LogP contribution in [0.15, 0.2) is 0 Å². The van der Waals surface area contributed by atoms with Crippen LogP contribution in [0.3, 0.4) is 0 Å². The molecule has 1 atom stereocenters. The fourth-order valence-electron chi connectivity index (χ4n) is 3.58. The van der Waals surface area contributed by atoms with Crippen LogP contribution in [0.1, 0.15) is 136 Å². The standard InChI is InChI=1S/C24H49NO2/c1-3-4-5-6-7-8-9-10-11-12-13-14-15-16-17-18-19-20-21-24(27)25-23(2)22-26/h23,26H,3-22H2,1-2H3,(H,25,27). The summed E-state index contributed by atoms with van der Waals surface area (Å²) in [6.07, 6.45) is 25.2. The van der Waals surface area contributed by atoms with Gasteiger partial charge in [0.25, 0.3) is 0 Å². The van der Waals surface area contributed by atoms with Crippen LogP contribution in [0.5, 0.6) is 0 Å². The van der Waals surface area contributed by atoms with E-state index in [1.54, 1.807) is 0 Å². The zero-order chi connectivity index (χ0) is 20.0. The fraction of sp³-hybridized carbons (Fsp3) is 0.958. The molecule has 0 bridgehead atoms. The lowest BCUT2D eigenvalue weighted by molar-refractivity contribution is -0.122. The number of hydrogen-bond acceptors (Lipinski definition) is 2. The first-order chi connectivity index (χ1) is 13.2. The molecule has 0 aromatic rings. The van der Waals surface area contributed by atoms with Crippen LogP contribution in [-0.2, 0) is 4.79 Å². The Balaban J connectivity index is 3.10. The smallest absolute Gasteiger partial charge is 0.220 e. The fourth-order valence-corrected chi connectivity index (χ4v) is 3.58. The molecule has 0 aliphatic rings. The van der Waals surface area contributed by atoms with Gasteiger partial charge in [-0.1, -0.05) is 116 Å². The largest absolute Gasteiger partial charge is 0.394 e. The molecule has 0 radical (unpaired) electrons. The molecule has 1 unspecified atom stereocenters. The molecule has 3 heteroatoms. The second kappa shape index (κ2) is 21.7. The molecule has 0 aliphatic heterocycles. The van der Waals surface area contributed by atoms with Crippen molar-refractivity contribution >= 4 is 5.91 Å². The summed E-state index contributed by atoms with van der Waals surface area (Å²) in [5.41, 5.74) is 0. The molecule has 0 spiro atoms. The molecular weight excluding hydrogens is 334 g/mol. The Hall–Kier alpha value is -0.570. The van der Waals surface area contributed by atoms with Gasteiger partial charge < -0.3 is 10.4 Å². The minimum atomic E-state index is -0.118. The van der Waals surface area contributed by atoms with Gasteiger partial charge in [-0.2, -0.15) is 0 Å². The van der Waals surface area contributed by atoms with Gasteiger partial charge >= 0.3 is 0 Å². The predicted octanol–water partition coefficient (Wildman–Crippen LogP) is 6.92. The summed E-state index contributed by atoms with van der Waals surface area (Å²) in [4.78, 5) is 11.6. The molecule has 0 saturated carbocycles. The highest BCUT2D eigenvalue weighted by atomic mass is 16.3. The van der Waals surface area contributed by atoms with Crippen molar-refractivity contribution in [3.05, 3.63) is 0 Å². The van der Waals surface area contributed by atoms with Crippen LogP contribution >= 0.6 is 0 Å². The molecule has 0 fully saturated rings. The summed E-state index contributed by atoms with van der Waals surface area (Å²) in [7, 11) is 0. The van der Waals surface area contributed by atoms with Crippen molar-refractivity contribution in [1.82, 2.24) is 5.32 Å². The van der Waals surface area contributed by atoms with E-state index in [9.17, 15) is 4.79 Å². The maximum Gasteiger partial charge on any atom is 0.220 e. The van der Waals surface area contributed by atoms with Crippen molar-refractivity contribution in [2.75, 3.05) is 6.61 Å². The number of amides is 1. The molecular formula is C24H49NO2. The molecule has 0 aromatic carbocycles. The summed E-state index contributed by atoms with van der Waals surface area (Å²) in [6.45, 7) is 4.13. The van der Waals surface area contributed by atoms with Crippen molar-refractivity contribution in [2.24, 2.45) is 0 Å². The lowest BCUT2D eigenvalue weighted by Gasteiger charge is -2.10. The molecule has 3 nitrogen and oxygen atoms in total. The van der Waals surface area contributed by atoms with E-state index in [1.165, 1.54) is 103 Å². The van der Waals surface area contributed by atoms with Gasteiger partial charge in [0.05, 0.1) is 6.61 Å². The van der Waals surface area contributed by atoms with Gasteiger partial charge in [-0.25, -0.2) is 0 Å². The Bertz CT molecular complexity index is 307. The van der Waals surface area contributed by atoms with Crippen LogP contribution in [0.4, 0.5) is 0 Å². The van der Waals surface area contributed by atoms with Gasteiger partial charge in [0, 0.05) is 12.5 Å². The van der Waals surface area contributed by atoms with Crippen molar-refractivity contribution in [3.8, 4) is 0 Å². The Morgan fingerprint density at radius 1 is 0.667 bits per heavy atom. The highest BCUT2D eigenvalue weighted by Gasteiger charge is 2.05. The van der Waals surface area contributed by atoms with Gasteiger partial charge in [0.15, 0.2) is 0 Å². The average Bonchev–Trinajstić information content (AvgIpc) is 2.66. The number of hydrogen-bond donors (Lipinski definition) is 2. The van der Waals surface area contributed by atoms with Crippen LogP contribution in [0.2, 0.25) is 0 Å².